The predicted molar refractivity (Wildman–Crippen MR) is 127 cm³/mol. The van der Waals surface area contributed by atoms with Crippen molar-refractivity contribution in [3.8, 4) is 0 Å². The summed E-state index contributed by atoms with van der Waals surface area (Å²) in [5, 5.41) is 9.73. The van der Waals surface area contributed by atoms with E-state index in [0.717, 1.165) is 81.1 Å². The molecule has 9 heteroatoms. The highest BCUT2D eigenvalue weighted by Crippen LogP contribution is 2.32. The van der Waals surface area contributed by atoms with Gasteiger partial charge < -0.3 is 15.0 Å². The number of morpholine rings is 1. The van der Waals surface area contributed by atoms with E-state index in [0.29, 0.717) is 25.3 Å². The lowest BCUT2D eigenvalue weighted by Gasteiger charge is -2.28. The van der Waals surface area contributed by atoms with Gasteiger partial charge in [0.1, 0.15) is 0 Å². The van der Waals surface area contributed by atoms with Gasteiger partial charge in [0.2, 0.25) is 0 Å². The van der Waals surface area contributed by atoms with Crippen molar-refractivity contribution in [3.05, 3.63) is 38.3 Å². The van der Waals surface area contributed by atoms with Crippen molar-refractivity contribution in [2.75, 3.05) is 45.9 Å². The minimum Gasteiger partial charge on any atom is -0.379 e. The van der Waals surface area contributed by atoms with Crippen molar-refractivity contribution in [2.45, 2.75) is 45.1 Å². The molecule has 2 aromatic rings. The number of fused-ring (bicyclic) bond motifs is 2. The van der Waals surface area contributed by atoms with Crippen LogP contribution in [0, 0.1) is 0 Å². The van der Waals surface area contributed by atoms with Crippen molar-refractivity contribution >= 4 is 23.2 Å². The minimum atomic E-state index is -0.142. The van der Waals surface area contributed by atoms with Gasteiger partial charge in [-0.15, -0.1) is 11.3 Å². The first-order valence-corrected chi connectivity index (χ1v) is 13.0. The van der Waals surface area contributed by atoms with Crippen LogP contribution < -0.4 is 5.32 Å². The fourth-order valence-electron chi connectivity index (χ4n) is 5.20. The van der Waals surface area contributed by atoms with Crippen molar-refractivity contribution in [1.29, 1.82) is 0 Å². The second-order valence-corrected chi connectivity index (χ2v) is 10.1. The van der Waals surface area contributed by atoms with Gasteiger partial charge in [0.15, 0.2) is 5.69 Å². The summed E-state index contributed by atoms with van der Waals surface area (Å²) >= 11 is 1.59. The molecule has 2 aliphatic heterocycles. The number of nitrogens with zero attached hydrogens (tertiary/aromatic N) is 4. The van der Waals surface area contributed by atoms with Gasteiger partial charge >= 0.3 is 0 Å². The molecule has 2 aromatic heterocycles. The number of thiophene rings is 1. The highest BCUT2D eigenvalue weighted by Gasteiger charge is 2.31. The predicted octanol–water partition coefficient (Wildman–Crippen LogP) is 2.01. The molecule has 5 rings (SSSR count). The van der Waals surface area contributed by atoms with E-state index in [-0.39, 0.29) is 11.8 Å². The smallest absolute Gasteiger partial charge is 0.272 e. The van der Waals surface area contributed by atoms with Crippen LogP contribution in [0.5, 0.6) is 0 Å². The first-order chi connectivity index (χ1) is 16.1. The van der Waals surface area contributed by atoms with Gasteiger partial charge in [0.25, 0.3) is 11.8 Å². The molecule has 0 saturated carbocycles. The number of carbonyl (C=O) groups is 2. The fourth-order valence-corrected chi connectivity index (χ4v) is 6.33. The molecular weight excluding hydrogens is 438 g/mol. The van der Waals surface area contributed by atoms with E-state index in [9.17, 15) is 9.59 Å². The Labute approximate surface area is 198 Å². The second kappa shape index (κ2) is 9.95. The number of rotatable bonds is 6. The van der Waals surface area contributed by atoms with E-state index in [1.807, 2.05) is 16.6 Å². The minimum absolute atomic E-state index is 0.106. The topological polar surface area (TPSA) is 79.7 Å². The number of hydrogen-bond donors (Lipinski definition) is 1. The van der Waals surface area contributed by atoms with Crippen LogP contribution >= 0.6 is 11.3 Å². The van der Waals surface area contributed by atoms with Gasteiger partial charge in [-0.3, -0.25) is 19.2 Å². The molecule has 178 valence electrons. The Morgan fingerprint density at radius 2 is 1.94 bits per heavy atom. The normalized spacial score (nSPS) is 18.6. The number of aryl methyl sites for hydroxylation is 2. The molecule has 1 N–H and O–H groups in total. The number of nitrogens with one attached hydrogen (secondary N) is 1. The molecule has 4 heterocycles. The molecular formula is C24H33N5O3S. The third-order valence-corrected chi connectivity index (χ3v) is 8.14. The van der Waals surface area contributed by atoms with Crippen LogP contribution in [-0.4, -0.2) is 77.3 Å². The summed E-state index contributed by atoms with van der Waals surface area (Å²) in [7, 11) is 1.89. The van der Waals surface area contributed by atoms with E-state index in [1.54, 1.807) is 11.3 Å². The monoisotopic (exact) mass is 471 g/mol. The average Bonchev–Trinajstić information content (AvgIpc) is 3.43. The average molecular weight is 472 g/mol. The SMILES string of the molecule is Cn1nc(C(=O)NCCCN2CCOCC2)c2c1CCN(C(=O)c1scc3c1CCCC3)C2. The van der Waals surface area contributed by atoms with E-state index >= 15 is 0 Å². The molecule has 0 unspecified atom stereocenters. The van der Waals surface area contributed by atoms with Crippen molar-refractivity contribution in [3.63, 3.8) is 0 Å². The van der Waals surface area contributed by atoms with E-state index in [4.69, 9.17) is 4.74 Å². The highest BCUT2D eigenvalue weighted by molar-refractivity contribution is 7.12. The zero-order valence-electron chi connectivity index (χ0n) is 19.4. The Morgan fingerprint density at radius 1 is 1.12 bits per heavy atom. The summed E-state index contributed by atoms with van der Waals surface area (Å²) < 4.78 is 7.20. The fraction of sp³-hybridized carbons (Fsp3) is 0.625. The lowest BCUT2D eigenvalue weighted by Crippen LogP contribution is -2.38. The summed E-state index contributed by atoms with van der Waals surface area (Å²) in [4.78, 5) is 31.5. The first kappa shape index (κ1) is 22.6. The summed E-state index contributed by atoms with van der Waals surface area (Å²) in [6, 6.07) is 0. The van der Waals surface area contributed by atoms with Crippen LogP contribution in [-0.2, 0) is 37.6 Å². The second-order valence-electron chi connectivity index (χ2n) is 9.21. The van der Waals surface area contributed by atoms with Gasteiger partial charge in [-0.2, -0.15) is 5.10 Å². The molecule has 1 fully saturated rings. The Kier molecular flexibility index (Phi) is 6.80. The van der Waals surface area contributed by atoms with Gasteiger partial charge in [-0.1, -0.05) is 0 Å². The molecule has 0 aromatic carbocycles. The third-order valence-electron chi connectivity index (χ3n) is 7.08. The van der Waals surface area contributed by atoms with Crippen LogP contribution in [0.4, 0.5) is 0 Å². The summed E-state index contributed by atoms with van der Waals surface area (Å²) in [6.07, 6.45) is 6.08. The molecule has 1 saturated heterocycles. The Balaban J connectivity index is 1.23. The molecule has 0 spiro atoms. The quantitative estimate of drug-likeness (QED) is 0.652. The molecule has 0 atom stereocenters. The van der Waals surface area contributed by atoms with Crippen LogP contribution in [0.1, 0.15) is 61.8 Å². The third kappa shape index (κ3) is 4.72. The van der Waals surface area contributed by atoms with Gasteiger partial charge in [0, 0.05) is 50.9 Å². The Hall–Kier alpha value is -2.23. The van der Waals surface area contributed by atoms with E-state index in [2.05, 4.69) is 20.7 Å². The Morgan fingerprint density at radius 3 is 2.79 bits per heavy atom. The Bertz CT molecular complexity index is 1020. The maximum atomic E-state index is 13.4. The van der Waals surface area contributed by atoms with Crippen LogP contribution in [0.2, 0.25) is 0 Å². The number of aromatic nitrogens is 2. The maximum absolute atomic E-state index is 13.4. The van der Waals surface area contributed by atoms with Crippen molar-refractivity contribution in [2.24, 2.45) is 7.05 Å². The van der Waals surface area contributed by atoms with Gasteiger partial charge in [-0.05, 0) is 55.2 Å². The van der Waals surface area contributed by atoms with E-state index < -0.39 is 0 Å². The standard InChI is InChI=1S/C24H33N5O3S/c1-27-20-7-10-29(24(31)22-18-6-3-2-5-17(18)16-33-22)15-19(20)21(26-27)23(30)25-8-4-9-28-11-13-32-14-12-28/h16H,2-15H2,1H3,(H,25,30). The van der Waals surface area contributed by atoms with Crippen LogP contribution in [0.15, 0.2) is 5.38 Å². The zero-order valence-corrected chi connectivity index (χ0v) is 20.2. The van der Waals surface area contributed by atoms with Crippen LogP contribution in [0.3, 0.4) is 0 Å². The van der Waals surface area contributed by atoms with Crippen molar-refractivity contribution < 1.29 is 14.3 Å². The molecule has 8 nitrogen and oxygen atoms in total. The van der Waals surface area contributed by atoms with Gasteiger partial charge in [-0.25, -0.2) is 0 Å². The number of amides is 2. The summed E-state index contributed by atoms with van der Waals surface area (Å²) in [6.45, 7) is 6.18. The molecule has 0 bridgehead atoms. The van der Waals surface area contributed by atoms with Gasteiger partial charge in [0.05, 0.1) is 24.6 Å². The van der Waals surface area contributed by atoms with E-state index in [1.165, 1.54) is 17.5 Å². The number of carbonyl (C=O) groups excluding carboxylic acids is 2. The molecule has 1 aliphatic carbocycles. The molecule has 2 amide bonds. The number of hydrogen-bond acceptors (Lipinski definition) is 6. The van der Waals surface area contributed by atoms with Crippen molar-refractivity contribution in [1.82, 2.24) is 24.9 Å². The molecule has 3 aliphatic rings. The number of ether oxygens (including phenoxy) is 1. The zero-order chi connectivity index (χ0) is 22.8. The maximum Gasteiger partial charge on any atom is 0.272 e. The lowest BCUT2D eigenvalue weighted by molar-refractivity contribution is 0.0374. The largest absolute Gasteiger partial charge is 0.379 e. The highest BCUT2D eigenvalue weighted by atomic mass is 32.1. The molecule has 0 radical (unpaired) electrons. The lowest BCUT2D eigenvalue weighted by atomic mass is 9.93. The molecule has 33 heavy (non-hydrogen) atoms. The van der Waals surface area contributed by atoms with Crippen LogP contribution in [0.25, 0.3) is 0 Å². The summed E-state index contributed by atoms with van der Waals surface area (Å²) in [5.41, 5.74) is 5.03. The summed E-state index contributed by atoms with van der Waals surface area (Å²) in [5.74, 6) is -0.0360. The first-order valence-electron chi connectivity index (χ1n) is 12.1.